The summed E-state index contributed by atoms with van der Waals surface area (Å²) in [4.78, 5) is 17.7. The fraction of sp³-hybridized carbons (Fsp3) is 0.0435. The second kappa shape index (κ2) is 7.24. The lowest BCUT2D eigenvalue weighted by Crippen LogP contribution is -2.23. The van der Waals surface area contributed by atoms with E-state index in [9.17, 15) is 4.79 Å². The Kier molecular flexibility index (Phi) is 4.41. The van der Waals surface area contributed by atoms with Gasteiger partial charge in [-0.05, 0) is 36.8 Å². The topological polar surface area (TPSA) is 73.8 Å². The van der Waals surface area contributed by atoms with Crippen LogP contribution in [0.1, 0.15) is 5.56 Å². The van der Waals surface area contributed by atoms with Crippen LogP contribution < -0.4 is 5.56 Å². The largest absolute Gasteiger partial charge is 0.332 e. The molecule has 0 amide bonds. The van der Waals surface area contributed by atoms with Crippen LogP contribution in [0.3, 0.4) is 0 Å². The molecule has 5 rings (SSSR count). The normalized spacial score (nSPS) is 11.1. The van der Waals surface area contributed by atoms with Gasteiger partial charge in [0.25, 0.3) is 11.4 Å². The van der Waals surface area contributed by atoms with Gasteiger partial charge in [-0.25, -0.2) is 0 Å². The van der Waals surface area contributed by atoms with Crippen LogP contribution in [0.5, 0.6) is 0 Å². The predicted octanol–water partition coefficient (Wildman–Crippen LogP) is 5.06. The molecule has 0 aliphatic carbocycles. The van der Waals surface area contributed by atoms with Crippen molar-refractivity contribution in [1.29, 1.82) is 0 Å². The van der Waals surface area contributed by atoms with Crippen molar-refractivity contribution in [2.45, 2.75) is 6.92 Å². The summed E-state index contributed by atoms with van der Waals surface area (Å²) in [5, 5.41) is 10.4. The molecule has 7 heteroatoms. The molecular formula is C23H15ClN4O2. The van der Waals surface area contributed by atoms with E-state index in [-0.39, 0.29) is 11.4 Å². The predicted molar refractivity (Wildman–Crippen MR) is 116 cm³/mol. The minimum absolute atomic E-state index is 0.212. The van der Waals surface area contributed by atoms with Crippen LogP contribution in [0.4, 0.5) is 0 Å². The zero-order valence-corrected chi connectivity index (χ0v) is 16.7. The number of halogens is 1. The van der Waals surface area contributed by atoms with Crippen molar-refractivity contribution in [3.05, 3.63) is 93.7 Å². The summed E-state index contributed by atoms with van der Waals surface area (Å²) in [6.07, 6.45) is 0. The number of hydrogen-bond acceptors (Lipinski definition) is 5. The summed E-state index contributed by atoms with van der Waals surface area (Å²) in [6.45, 7) is 1.93. The van der Waals surface area contributed by atoms with Gasteiger partial charge in [0.1, 0.15) is 0 Å². The average molecular weight is 415 g/mol. The molecule has 0 saturated heterocycles. The molecule has 0 N–H and O–H groups in total. The Bertz CT molecular complexity index is 1460. The quantitative estimate of drug-likeness (QED) is 0.412. The van der Waals surface area contributed by atoms with Crippen molar-refractivity contribution in [1.82, 2.24) is 19.9 Å². The summed E-state index contributed by atoms with van der Waals surface area (Å²) in [6, 6.07) is 22.1. The van der Waals surface area contributed by atoms with Crippen molar-refractivity contribution in [3.8, 4) is 28.7 Å². The molecule has 146 valence electrons. The molecule has 0 unspecified atom stereocenters. The maximum Gasteiger partial charge on any atom is 0.279 e. The number of aromatic nitrogens is 4. The molecule has 0 bridgehead atoms. The molecule has 0 aliphatic rings. The Balaban J connectivity index is 1.76. The van der Waals surface area contributed by atoms with Gasteiger partial charge in [-0.15, -0.1) is 0 Å². The molecule has 5 aromatic rings. The Morgan fingerprint density at radius 2 is 1.60 bits per heavy atom. The first kappa shape index (κ1) is 18.3. The van der Waals surface area contributed by atoms with Gasteiger partial charge in [0.15, 0.2) is 5.69 Å². The maximum absolute atomic E-state index is 13.2. The van der Waals surface area contributed by atoms with Gasteiger partial charge >= 0.3 is 0 Å². The minimum Gasteiger partial charge on any atom is -0.332 e. The highest BCUT2D eigenvalue weighted by Crippen LogP contribution is 2.29. The van der Waals surface area contributed by atoms with E-state index < -0.39 is 0 Å². The second-order valence-electron chi connectivity index (χ2n) is 6.80. The van der Waals surface area contributed by atoms with Gasteiger partial charge in [0.05, 0.1) is 16.1 Å². The second-order valence-corrected chi connectivity index (χ2v) is 7.21. The SMILES string of the molecule is Cc1ccccc1-n1nc(-c2nc(-c3ccccc3Cl)no2)c2ccccc2c1=O. The van der Waals surface area contributed by atoms with Crippen LogP contribution in [-0.4, -0.2) is 19.9 Å². The fourth-order valence-electron chi connectivity index (χ4n) is 3.38. The third kappa shape index (κ3) is 2.98. The van der Waals surface area contributed by atoms with Gasteiger partial charge in [0.2, 0.25) is 5.82 Å². The molecule has 0 aliphatic heterocycles. The standard InChI is InChI=1S/C23H15ClN4O2/c1-14-8-2-7-13-19(14)28-23(29)16-10-4-3-9-15(16)20(26-28)22-25-21(27-30-22)17-11-5-6-12-18(17)24/h2-13H,1H3. The highest BCUT2D eigenvalue weighted by Gasteiger charge is 2.20. The summed E-state index contributed by atoms with van der Waals surface area (Å²) in [5.74, 6) is 0.568. The van der Waals surface area contributed by atoms with Crippen molar-refractivity contribution in [2.24, 2.45) is 0 Å². The van der Waals surface area contributed by atoms with Crippen LogP contribution in [0, 0.1) is 6.92 Å². The lowest BCUT2D eigenvalue weighted by Gasteiger charge is -2.11. The van der Waals surface area contributed by atoms with E-state index in [1.807, 2.05) is 67.6 Å². The highest BCUT2D eigenvalue weighted by molar-refractivity contribution is 6.33. The lowest BCUT2D eigenvalue weighted by atomic mass is 10.1. The first-order chi connectivity index (χ1) is 14.6. The van der Waals surface area contributed by atoms with Crippen molar-refractivity contribution >= 4 is 22.4 Å². The average Bonchev–Trinajstić information content (AvgIpc) is 3.25. The van der Waals surface area contributed by atoms with Crippen molar-refractivity contribution in [3.63, 3.8) is 0 Å². The van der Waals surface area contributed by atoms with Crippen LogP contribution in [0.15, 0.2) is 82.1 Å². The molecule has 2 aromatic heterocycles. The van der Waals surface area contributed by atoms with E-state index in [1.165, 1.54) is 4.68 Å². The maximum atomic E-state index is 13.2. The van der Waals surface area contributed by atoms with Gasteiger partial charge in [0, 0.05) is 10.9 Å². The number of hydrogen-bond donors (Lipinski definition) is 0. The number of benzene rings is 3. The Hall–Kier alpha value is -3.77. The monoisotopic (exact) mass is 414 g/mol. The fourth-order valence-corrected chi connectivity index (χ4v) is 3.60. The smallest absolute Gasteiger partial charge is 0.279 e. The van der Waals surface area contributed by atoms with E-state index in [1.54, 1.807) is 12.1 Å². The molecule has 0 fully saturated rings. The summed E-state index contributed by atoms with van der Waals surface area (Å²) >= 11 is 6.27. The minimum atomic E-state index is -0.213. The molecule has 30 heavy (non-hydrogen) atoms. The first-order valence-corrected chi connectivity index (χ1v) is 9.68. The van der Waals surface area contributed by atoms with Crippen molar-refractivity contribution in [2.75, 3.05) is 0 Å². The zero-order chi connectivity index (χ0) is 20.7. The molecule has 0 radical (unpaired) electrons. The van der Waals surface area contributed by atoms with Gasteiger partial charge in [-0.3, -0.25) is 4.79 Å². The van der Waals surface area contributed by atoms with Crippen LogP contribution in [0.25, 0.3) is 39.4 Å². The van der Waals surface area contributed by atoms with Crippen LogP contribution in [0.2, 0.25) is 5.02 Å². The molecule has 0 saturated carbocycles. The van der Waals surface area contributed by atoms with Crippen molar-refractivity contribution < 1.29 is 4.52 Å². The van der Waals surface area contributed by atoms with E-state index in [0.717, 1.165) is 5.56 Å². The van der Waals surface area contributed by atoms with Crippen LogP contribution >= 0.6 is 11.6 Å². The van der Waals surface area contributed by atoms with Gasteiger partial charge < -0.3 is 4.52 Å². The zero-order valence-electron chi connectivity index (χ0n) is 15.9. The van der Waals surface area contributed by atoms with Gasteiger partial charge in [-0.2, -0.15) is 14.8 Å². The Labute approximate surface area is 176 Å². The number of para-hydroxylation sites is 1. The third-order valence-electron chi connectivity index (χ3n) is 4.89. The van der Waals surface area contributed by atoms with Crippen LogP contribution in [-0.2, 0) is 0 Å². The summed E-state index contributed by atoms with van der Waals surface area (Å²) in [5.41, 5.74) is 2.50. The van der Waals surface area contributed by atoms with E-state index in [2.05, 4.69) is 15.2 Å². The summed E-state index contributed by atoms with van der Waals surface area (Å²) in [7, 11) is 0. The van der Waals surface area contributed by atoms with E-state index >= 15 is 0 Å². The molecule has 0 spiro atoms. The van der Waals surface area contributed by atoms with E-state index in [0.29, 0.717) is 38.6 Å². The number of fused-ring (bicyclic) bond motifs is 1. The lowest BCUT2D eigenvalue weighted by molar-refractivity contribution is 0.430. The highest BCUT2D eigenvalue weighted by atomic mass is 35.5. The van der Waals surface area contributed by atoms with E-state index in [4.69, 9.17) is 16.1 Å². The Morgan fingerprint density at radius 3 is 2.40 bits per heavy atom. The summed E-state index contributed by atoms with van der Waals surface area (Å²) < 4.78 is 6.91. The third-order valence-corrected chi connectivity index (χ3v) is 5.22. The molecule has 2 heterocycles. The molecular weight excluding hydrogens is 400 g/mol. The number of nitrogens with zero attached hydrogens (tertiary/aromatic N) is 4. The first-order valence-electron chi connectivity index (χ1n) is 9.30. The molecule has 3 aromatic carbocycles. The van der Waals surface area contributed by atoms with Gasteiger partial charge in [-0.1, -0.05) is 65.3 Å². The Morgan fingerprint density at radius 1 is 0.900 bits per heavy atom. The number of rotatable bonds is 3. The number of aryl methyl sites for hydroxylation is 1. The molecule has 0 atom stereocenters. The molecule has 6 nitrogen and oxygen atoms in total.